The summed E-state index contributed by atoms with van der Waals surface area (Å²) < 4.78 is 10.9. The molecule has 1 atom stereocenters. The number of likely N-dealkylation sites (tertiary alicyclic amines) is 1. The van der Waals surface area contributed by atoms with Gasteiger partial charge in [-0.2, -0.15) is 0 Å². The second-order valence-electron chi connectivity index (χ2n) is 6.42. The zero-order valence-electron chi connectivity index (χ0n) is 13.3. The monoisotopic (exact) mass is 335 g/mol. The molecule has 3 heterocycles. The Kier molecular flexibility index (Phi) is 4.35. The molecule has 3 aliphatic heterocycles. The smallest absolute Gasteiger partial charge is 0.234 e. The highest BCUT2D eigenvalue weighted by Crippen LogP contribution is 2.42. The van der Waals surface area contributed by atoms with Gasteiger partial charge < -0.3 is 19.3 Å². The molecule has 6 heteroatoms. The maximum atomic E-state index is 12.3. The minimum Gasteiger partial charge on any atom is -0.454 e. The first kappa shape index (κ1) is 15.1. The van der Waals surface area contributed by atoms with Gasteiger partial charge in [0.2, 0.25) is 12.7 Å². The highest BCUT2D eigenvalue weighted by Gasteiger charge is 2.34. The molecule has 1 N–H and O–H groups in total. The lowest BCUT2D eigenvalue weighted by molar-refractivity contribution is -0.904. The molecular formula is C17H23N2O3S+. The Balaban J connectivity index is 1.45. The van der Waals surface area contributed by atoms with Gasteiger partial charge in [-0.15, -0.1) is 11.8 Å². The zero-order chi connectivity index (χ0) is 15.6. The van der Waals surface area contributed by atoms with Gasteiger partial charge >= 0.3 is 0 Å². The number of piperidine rings is 1. The lowest BCUT2D eigenvalue weighted by Crippen LogP contribution is -3.13. The molecule has 2 saturated heterocycles. The molecule has 0 aliphatic carbocycles. The van der Waals surface area contributed by atoms with Gasteiger partial charge in [-0.25, -0.2) is 0 Å². The van der Waals surface area contributed by atoms with Crippen LogP contribution in [-0.2, 0) is 4.79 Å². The van der Waals surface area contributed by atoms with Crippen molar-refractivity contribution in [2.75, 3.05) is 38.7 Å². The molecule has 2 fully saturated rings. The first-order chi connectivity index (χ1) is 11.3. The van der Waals surface area contributed by atoms with Crippen LogP contribution in [0.1, 0.15) is 30.2 Å². The van der Waals surface area contributed by atoms with Crippen molar-refractivity contribution in [1.82, 2.24) is 4.90 Å². The minimum atomic E-state index is 0.112. The minimum absolute atomic E-state index is 0.112. The largest absolute Gasteiger partial charge is 0.454 e. The predicted molar refractivity (Wildman–Crippen MR) is 88.9 cm³/mol. The summed E-state index contributed by atoms with van der Waals surface area (Å²) >= 11 is 1.71. The number of amides is 1. The van der Waals surface area contributed by atoms with Gasteiger partial charge in [0.1, 0.15) is 5.37 Å². The summed E-state index contributed by atoms with van der Waals surface area (Å²) in [4.78, 5) is 16.0. The molecule has 0 saturated carbocycles. The van der Waals surface area contributed by atoms with E-state index in [-0.39, 0.29) is 18.1 Å². The van der Waals surface area contributed by atoms with E-state index in [1.165, 1.54) is 32.4 Å². The average molecular weight is 335 g/mol. The van der Waals surface area contributed by atoms with Crippen molar-refractivity contribution >= 4 is 17.7 Å². The first-order valence-electron chi connectivity index (χ1n) is 8.45. The molecule has 1 aromatic carbocycles. The second kappa shape index (κ2) is 6.61. The second-order valence-corrected chi connectivity index (χ2v) is 7.49. The zero-order valence-corrected chi connectivity index (χ0v) is 14.1. The maximum absolute atomic E-state index is 12.3. The summed E-state index contributed by atoms with van der Waals surface area (Å²) in [5.41, 5.74) is 1.14. The Labute approximate surface area is 140 Å². The number of hydrogen-bond donors (Lipinski definition) is 1. The van der Waals surface area contributed by atoms with Gasteiger partial charge in [0, 0.05) is 0 Å². The number of thioether (sulfide) groups is 1. The number of rotatable bonds is 4. The Hall–Kier alpha value is -1.40. The summed E-state index contributed by atoms with van der Waals surface area (Å²) in [6.45, 7) is 4.71. The summed E-state index contributed by atoms with van der Waals surface area (Å²) in [5.74, 6) is 2.43. The van der Waals surface area contributed by atoms with E-state index in [9.17, 15) is 4.79 Å². The lowest BCUT2D eigenvalue weighted by atomic mass is 10.1. The summed E-state index contributed by atoms with van der Waals surface area (Å²) in [6, 6.07) is 6.04. The van der Waals surface area contributed by atoms with E-state index in [1.807, 2.05) is 17.0 Å². The number of nitrogens with one attached hydrogen (secondary N) is 1. The van der Waals surface area contributed by atoms with Crippen molar-refractivity contribution in [2.24, 2.45) is 0 Å². The van der Waals surface area contributed by atoms with Gasteiger partial charge in [-0.1, -0.05) is 6.07 Å². The predicted octanol–water partition coefficient (Wildman–Crippen LogP) is 1.06. The van der Waals surface area contributed by atoms with Crippen molar-refractivity contribution in [3.8, 4) is 11.5 Å². The third kappa shape index (κ3) is 3.15. The molecule has 1 amide bonds. The van der Waals surface area contributed by atoms with Gasteiger partial charge in [-0.05, 0) is 37.0 Å². The van der Waals surface area contributed by atoms with E-state index in [1.54, 1.807) is 16.7 Å². The third-order valence-electron chi connectivity index (χ3n) is 4.92. The molecule has 0 unspecified atom stereocenters. The van der Waals surface area contributed by atoms with E-state index in [2.05, 4.69) is 6.07 Å². The highest BCUT2D eigenvalue weighted by atomic mass is 32.2. The van der Waals surface area contributed by atoms with Crippen LogP contribution >= 0.6 is 11.8 Å². The molecular weight excluding hydrogens is 312 g/mol. The Morgan fingerprint density at radius 2 is 2.00 bits per heavy atom. The van der Waals surface area contributed by atoms with Crippen molar-refractivity contribution < 1.29 is 19.2 Å². The van der Waals surface area contributed by atoms with Crippen LogP contribution in [0.25, 0.3) is 0 Å². The molecule has 0 bridgehead atoms. The van der Waals surface area contributed by atoms with Crippen LogP contribution in [0.3, 0.4) is 0 Å². The number of carbonyl (C=O) groups is 1. The van der Waals surface area contributed by atoms with E-state index < -0.39 is 0 Å². The van der Waals surface area contributed by atoms with E-state index in [0.717, 1.165) is 30.2 Å². The molecule has 124 valence electrons. The lowest BCUT2D eigenvalue weighted by Gasteiger charge is -2.28. The summed E-state index contributed by atoms with van der Waals surface area (Å²) in [6.07, 6.45) is 4.01. The number of hydrogen-bond acceptors (Lipinski definition) is 4. The number of ether oxygens (including phenoxy) is 2. The number of carbonyl (C=O) groups excluding carboxylic acids is 1. The molecule has 5 nitrogen and oxygen atoms in total. The van der Waals surface area contributed by atoms with Crippen molar-refractivity contribution in [1.29, 1.82) is 0 Å². The Morgan fingerprint density at radius 1 is 1.17 bits per heavy atom. The van der Waals surface area contributed by atoms with Crippen LogP contribution in [0.2, 0.25) is 0 Å². The van der Waals surface area contributed by atoms with E-state index in [0.29, 0.717) is 5.75 Å². The van der Waals surface area contributed by atoms with Crippen LogP contribution in [0.4, 0.5) is 0 Å². The van der Waals surface area contributed by atoms with Crippen molar-refractivity contribution in [2.45, 2.75) is 24.6 Å². The summed E-state index contributed by atoms with van der Waals surface area (Å²) in [7, 11) is 0. The fraction of sp³-hybridized carbons (Fsp3) is 0.588. The molecule has 1 aromatic rings. The fourth-order valence-corrected chi connectivity index (χ4v) is 4.83. The van der Waals surface area contributed by atoms with Crippen LogP contribution < -0.4 is 14.4 Å². The van der Waals surface area contributed by atoms with Crippen LogP contribution in [0.5, 0.6) is 11.5 Å². The van der Waals surface area contributed by atoms with Crippen LogP contribution in [0, 0.1) is 0 Å². The van der Waals surface area contributed by atoms with Gasteiger partial charge in [-0.3, -0.25) is 4.79 Å². The first-order valence-corrected chi connectivity index (χ1v) is 9.50. The number of nitrogens with zero attached hydrogens (tertiary/aromatic N) is 1. The quantitative estimate of drug-likeness (QED) is 0.894. The van der Waals surface area contributed by atoms with Crippen LogP contribution in [-0.4, -0.2) is 49.5 Å². The van der Waals surface area contributed by atoms with Gasteiger partial charge in [0.25, 0.3) is 0 Å². The normalized spacial score (nSPS) is 24.4. The topological polar surface area (TPSA) is 43.2 Å². The molecule has 23 heavy (non-hydrogen) atoms. The maximum Gasteiger partial charge on any atom is 0.234 e. The molecule has 4 rings (SSSR count). The van der Waals surface area contributed by atoms with Crippen molar-refractivity contribution in [3.63, 3.8) is 0 Å². The fourth-order valence-electron chi connectivity index (χ4n) is 3.62. The van der Waals surface area contributed by atoms with E-state index in [4.69, 9.17) is 9.47 Å². The van der Waals surface area contributed by atoms with Crippen LogP contribution in [0.15, 0.2) is 18.2 Å². The molecule has 0 radical (unpaired) electrons. The van der Waals surface area contributed by atoms with Gasteiger partial charge in [0.05, 0.1) is 31.9 Å². The Morgan fingerprint density at radius 3 is 2.87 bits per heavy atom. The van der Waals surface area contributed by atoms with E-state index >= 15 is 0 Å². The standard InChI is InChI=1S/C17H22N2O3S/c20-16-11-23-17(13-4-5-14-15(10-13)22-12-21-14)19(16)9-8-18-6-2-1-3-7-18/h4-5,10,17H,1-3,6-9,11-12H2/p+1/t17-/m1/s1. The van der Waals surface area contributed by atoms with Gasteiger partial charge in [0.15, 0.2) is 11.5 Å². The third-order valence-corrected chi connectivity index (χ3v) is 6.17. The molecule has 0 aromatic heterocycles. The summed E-state index contributed by atoms with van der Waals surface area (Å²) in [5, 5.41) is 0.112. The number of benzene rings is 1. The number of quaternary nitrogens is 1. The Bertz CT molecular complexity index is 589. The van der Waals surface area contributed by atoms with Crippen molar-refractivity contribution in [3.05, 3.63) is 23.8 Å². The average Bonchev–Trinajstić information content (AvgIpc) is 3.19. The SMILES string of the molecule is O=C1CS[C@H](c2ccc3c(c2)OCO3)N1CC[NH+]1CCCCC1. The molecule has 3 aliphatic rings. The highest BCUT2D eigenvalue weighted by molar-refractivity contribution is 8.00. The number of fused-ring (bicyclic) bond motifs is 1. The molecule has 0 spiro atoms.